The SMILES string of the molecule is CC(C)(C)OC(=O)NCCNS(=O)c1cccs1. The lowest BCUT2D eigenvalue weighted by atomic mass is 10.2. The van der Waals surface area contributed by atoms with Crippen LogP contribution in [0.1, 0.15) is 20.8 Å². The molecule has 0 aliphatic carbocycles. The number of ether oxygens (including phenoxy) is 1. The fraction of sp³-hybridized carbons (Fsp3) is 0.545. The second-order valence-corrected chi connectivity index (χ2v) is 7.00. The van der Waals surface area contributed by atoms with Crippen molar-refractivity contribution in [2.45, 2.75) is 30.6 Å². The van der Waals surface area contributed by atoms with Crippen molar-refractivity contribution in [1.29, 1.82) is 0 Å². The minimum Gasteiger partial charge on any atom is -0.444 e. The Labute approximate surface area is 114 Å². The van der Waals surface area contributed by atoms with Crippen molar-refractivity contribution in [3.63, 3.8) is 0 Å². The van der Waals surface area contributed by atoms with Gasteiger partial charge in [0.2, 0.25) is 0 Å². The van der Waals surface area contributed by atoms with Gasteiger partial charge in [-0.2, -0.15) is 0 Å². The molecular weight excluding hydrogens is 272 g/mol. The number of thiophene rings is 1. The minimum atomic E-state index is -1.21. The van der Waals surface area contributed by atoms with Crippen LogP contribution < -0.4 is 10.0 Å². The molecule has 0 saturated carbocycles. The van der Waals surface area contributed by atoms with Gasteiger partial charge in [-0.3, -0.25) is 0 Å². The number of carbonyl (C=O) groups is 1. The summed E-state index contributed by atoms with van der Waals surface area (Å²) < 4.78 is 20.3. The van der Waals surface area contributed by atoms with Crippen LogP contribution in [0.25, 0.3) is 0 Å². The summed E-state index contributed by atoms with van der Waals surface area (Å²) in [5.41, 5.74) is -0.503. The van der Waals surface area contributed by atoms with Gasteiger partial charge in [0.15, 0.2) is 0 Å². The van der Waals surface area contributed by atoms with Crippen LogP contribution in [0.2, 0.25) is 0 Å². The fourth-order valence-corrected chi connectivity index (χ4v) is 2.84. The molecule has 7 heteroatoms. The number of hydrogen-bond acceptors (Lipinski definition) is 4. The molecule has 18 heavy (non-hydrogen) atoms. The molecule has 2 N–H and O–H groups in total. The van der Waals surface area contributed by atoms with E-state index in [1.807, 2.05) is 11.4 Å². The zero-order valence-electron chi connectivity index (χ0n) is 10.7. The summed E-state index contributed by atoms with van der Waals surface area (Å²) in [7, 11) is -1.21. The Balaban J connectivity index is 2.16. The van der Waals surface area contributed by atoms with Crippen LogP contribution in [0.15, 0.2) is 21.7 Å². The minimum absolute atomic E-state index is 0.367. The first-order chi connectivity index (χ1) is 8.38. The summed E-state index contributed by atoms with van der Waals surface area (Å²) >= 11 is 1.43. The molecule has 102 valence electrons. The van der Waals surface area contributed by atoms with Gasteiger partial charge in [-0.25, -0.2) is 13.7 Å². The lowest BCUT2D eigenvalue weighted by molar-refractivity contribution is 0.0529. The Morgan fingerprint density at radius 3 is 2.72 bits per heavy atom. The van der Waals surface area contributed by atoms with Crippen molar-refractivity contribution >= 4 is 28.4 Å². The van der Waals surface area contributed by atoms with E-state index in [0.717, 1.165) is 4.21 Å². The van der Waals surface area contributed by atoms with Gasteiger partial charge in [0, 0.05) is 13.1 Å². The quantitative estimate of drug-likeness (QED) is 0.814. The van der Waals surface area contributed by atoms with Crippen molar-refractivity contribution in [2.24, 2.45) is 0 Å². The Hall–Kier alpha value is -0.920. The van der Waals surface area contributed by atoms with Crippen LogP contribution in [0, 0.1) is 0 Å². The van der Waals surface area contributed by atoms with E-state index in [1.54, 1.807) is 26.8 Å². The highest BCUT2D eigenvalue weighted by Gasteiger charge is 2.15. The van der Waals surface area contributed by atoms with Gasteiger partial charge in [-0.1, -0.05) is 6.07 Å². The van der Waals surface area contributed by atoms with E-state index >= 15 is 0 Å². The lowest BCUT2D eigenvalue weighted by Gasteiger charge is -2.19. The van der Waals surface area contributed by atoms with E-state index in [0.29, 0.717) is 13.1 Å². The van der Waals surface area contributed by atoms with Gasteiger partial charge in [0.25, 0.3) is 0 Å². The monoisotopic (exact) mass is 290 g/mol. The molecule has 1 aromatic rings. The predicted octanol–water partition coefficient (Wildman–Crippen LogP) is 1.88. The normalized spacial score (nSPS) is 13.1. The summed E-state index contributed by atoms with van der Waals surface area (Å²) in [4.78, 5) is 11.3. The molecule has 0 fully saturated rings. The maximum Gasteiger partial charge on any atom is 0.407 e. The third-order valence-electron chi connectivity index (χ3n) is 1.70. The van der Waals surface area contributed by atoms with Crippen molar-refractivity contribution in [2.75, 3.05) is 13.1 Å². The number of rotatable bonds is 5. The van der Waals surface area contributed by atoms with Crippen LogP contribution in [-0.4, -0.2) is 29.0 Å². The third kappa shape index (κ3) is 6.13. The largest absolute Gasteiger partial charge is 0.444 e. The van der Waals surface area contributed by atoms with Crippen LogP contribution in [0.5, 0.6) is 0 Å². The lowest BCUT2D eigenvalue weighted by Crippen LogP contribution is -2.36. The summed E-state index contributed by atoms with van der Waals surface area (Å²) in [6, 6.07) is 3.65. The molecule has 0 spiro atoms. The number of hydrogen-bond donors (Lipinski definition) is 2. The second-order valence-electron chi connectivity index (χ2n) is 4.52. The van der Waals surface area contributed by atoms with Crippen molar-refractivity contribution in [3.05, 3.63) is 17.5 Å². The van der Waals surface area contributed by atoms with Gasteiger partial charge in [0.05, 0.1) is 0 Å². The van der Waals surface area contributed by atoms with Gasteiger partial charge < -0.3 is 10.1 Å². The Kier molecular flexibility index (Phi) is 5.77. The zero-order chi connectivity index (χ0) is 13.6. The molecule has 0 aliphatic rings. The molecule has 1 amide bonds. The Bertz CT molecular complexity index is 399. The zero-order valence-corrected chi connectivity index (χ0v) is 12.3. The maximum atomic E-state index is 11.6. The molecule has 1 rings (SSSR count). The summed E-state index contributed by atoms with van der Waals surface area (Å²) in [5, 5.41) is 4.45. The molecule has 0 bridgehead atoms. The van der Waals surface area contributed by atoms with Gasteiger partial charge >= 0.3 is 6.09 Å². The molecular formula is C11H18N2O3S2. The van der Waals surface area contributed by atoms with E-state index in [1.165, 1.54) is 11.3 Å². The molecule has 1 heterocycles. The fourth-order valence-electron chi connectivity index (χ4n) is 1.06. The van der Waals surface area contributed by atoms with Crippen molar-refractivity contribution < 1.29 is 13.7 Å². The highest BCUT2D eigenvalue weighted by molar-refractivity contribution is 7.85. The molecule has 0 aromatic carbocycles. The highest BCUT2D eigenvalue weighted by Crippen LogP contribution is 2.11. The first-order valence-corrected chi connectivity index (χ1v) is 7.57. The standard InChI is InChI=1S/C11H18N2O3S2/c1-11(2,3)16-10(14)12-6-7-13-18(15)9-5-4-8-17-9/h4-5,8,13H,6-7H2,1-3H3,(H,12,14). The Morgan fingerprint density at radius 2 is 2.17 bits per heavy atom. The summed E-state index contributed by atoms with van der Waals surface area (Å²) in [6.45, 7) is 6.19. The molecule has 0 radical (unpaired) electrons. The first-order valence-electron chi connectivity index (χ1n) is 5.54. The summed E-state index contributed by atoms with van der Waals surface area (Å²) in [5.74, 6) is 0. The van der Waals surface area contributed by atoms with Crippen molar-refractivity contribution in [1.82, 2.24) is 10.0 Å². The number of nitrogens with one attached hydrogen (secondary N) is 2. The summed E-state index contributed by atoms with van der Waals surface area (Å²) in [6.07, 6.45) is -0.466. The van der Waals surface area contributed by atoms with Gasteiger partial charge in [0.1, 0.15) is 20.8 Å². The van der Waals surface area contributed by atoms with Crippen LogP contribution in [-0.2, 0) is 15.7 Å². The van der Waals surface area contributed by atoms with E-state index in [4.69, 9.17) is 4.74 Å². The van der Waals surface area contributed by atoms with E-state index in [-0.39, 0.29) is 0 Å². The third-order valence-corrected chi connectivity index (χ3v) is 4.08. The number of alkyl carbamates (subject to hydrolysis) is 1. The topological polar surface area (TPSA) is 67.4 Å². The van der Waals surface area contributed by atoms with Crippen LogP contribution in [0.4, 0.5) is 4.79 Å². The van der Waals surface area contributed by atoms with Crippen molar-refractivity contribution in [3.8, 4) is 0 Å². The van der Waals surface area contributed by atoms with Crippen LogP contribution in [0.3, 0.4) is 0 Å². The average molecular weight is 290 g/mol. The first kappa shape index (κ1) is 15.1. The van der Waals surface area contributed by atoms with E-state index in [2.05, 4.69) is 10.0 Å². The molecule has 5 nitrogen and oxygen atoms in total. The van der Waals surface area contributed by atoms with E-state index in [9.17, 15) is 9.00 Å². The second kappa shape index (κ2) is 6.86. The maximum absolute atomic E-state index is 11.6. The predicted molar refractivity (Wildman–Crippen MR) is 73.0 cm³/mol. The van der Waals surface area contributed by atoms with E-state index < -0.39 is 22.7 Å². The molecule has 1 unspecified atom stereocenters. The molecule has 1 atom stereocenters. The number of carbonyl (C=O) groups excluding carboxylic acids is 1. The molecule has 0 aliphatic heterocycles. The number of amides is 1. The molecule has 0 saturated heterocycles. The van der Waals surface area contributed by atoms with Gasteiger partial charge in [-0.05, 0) is 32.2 Å². The molecule has 1 aromatic heterocycles. The average Bonchev–Trinajstić information content (AvgIpc) is 2.74. The van der Waals surface area contributed by atoms with Crippen LogP contribution >= 0.6 is 11.3 Å². The van der Waals surface area contributed by atoms with Gasteiger partial charge in [-0.15, -0.1) is 11.3 Å². The highest BCUT2D eigenvalue weighted by atomic mass is 32.2. The smallest absolute Gasteiger partial charge is 0.407 e. The Morgan fingerprint density at radius 1 is 1.44 bits per heavy atom.